The molecule has 0 spiro atoms. The number of carbonyl (C=O) groups is 2. The van der Waals surface area contributed by atoms with Crippen LogP contribution in [0.1, 0.15) is 11.1 Å². The smallest absolute Gasteiger partial charge is 0.286 e. The molecule has 1 unspecified atom stereocenters. The number of carbonyl (C=O) groups excluding carboxylic acids is 2. The van der Waals surface area contributed by atoms with Gasteiger partial charge in [-0.2, -0.15) is 0 Å². The maximum absolute atomic E-state index is 11.6. The summed E-state index contributed by atoms with van der Waals surface area (Å²) in [6.07, 6.45) is 1.28. The Bertz CT molecular complexity index is 728. The summed E-state index contributed by atoms with van der Waals surface area (Å²) >= 11 is 1.04. The normalized spacial score (nSPS) is 16.9. The molecule has 1 aliphatic heterocycles. The van der Waals surface area contributed by atoms with Gasteiger partial charge < -0.3 is 9.84 Å². The van der Waals surface area contributed by atoms with Gasteiger partial charge in [-0.15, -0.1) is 0 Å². The lowest BCUT2D eigenvalue weighted by molar-refractivity contribution is -0.118. The largest absolute Gasteiger partial charge is 0.508 e. The second-order valence-corrected chi connectivity index (χ2v) is 6.67. The van der Waals surface area contributed by atoms with Crippen molar-refractivity contribution in [3.8, 4) is 11.5 Å². The molecule has 6 heteroatoms. The first kappa shape index (κ1) is 16.4. The van der Waals surface area contributed by atoms with E-state index in [1.807, 2.05) is 36.4 Å². The number of phenolic OH excluding ortho intramolecular Hbond substituents is 1. The van der Waals surface area contributed by atoms with E-state index >= 15 is 0 Å². The maximum Gasteiger partial charge on any atom is 0.286 e. The van der Waals surface area contributed by atoms with E-state index < -0.39 is 0 Å². The van der Waals surface area contributed by atoms with Crippen LogP contribution >= 0.6 is 11.8 Å². The summed E-state index contributed by atoms with van der Waals surface area (Å²) in [6.45, 7) is 0.541. The zero-order valence-electron chi connectivity index (χ0n) is 12.9. The third-order valence-corrected chi connectivity index (χ3v) is 4.69. The van der Waals surface area contributed by atoms with Crippen LogP contribution in [0.15, 0.2) is 48.5 Å². The Hall–Kier alpha value is -2.47. The summed E-state index contributed by atoms with van der Waals surface area (Å²) in [5.74, 6) is 0.794. The SMILES string of the molecule is O=C1NC(=O)C(Cc2ccc(OCCc3ccc(O)cc3)cc2)S1. The predicted molar refractivity (Wildman–Crippen MR) is 92.4 cm³/mol. The van der Waals surface area contributed by atoms with Gasteiger partial charge in [-0.3, -0.25) is 14.9 Å². The van der Waals surface area contributed by atoms with Gasteiger partial charge >= 0.3 is 0 Å². The molecule has 5 nitrogen and oxygen atoms in total. The minimum Gasteiger partial charge on any atom is -0.508 e. The van der Waals surface area contributed by atoms with E-state index in [-0.39, 0.29) is 22.1 Å². The summed E-state index contributed by atoms with van der Waals surface area (Å²) in [5.41, 5.74) is 2.08. The number of amides is 2. The van der Waals surface area contributed by atoms with Crippen molar-refractivity contribution < 1.29 is 19.4 Å². The van der Waals surface area contributed by atoms with Crippen molar-refractivity contribution in [3.63, 3.8) is 0 Å². The van der Waals surface area contributed by atoms with Gasteiger partial charge in [-0.05, 0) is 41.8 Å². The Balaban J connectivity index is 1.48. The Labute approximate surface area is 144 Å². The van der Waals surface area contributed by atoms with Gasteiger partial charge in [0.15, 0.2) is 0 Å². The third-order valence-electron chi connectivity index (χ3n) is 3.71. The molecule has 1 heterocycles. The summed E-state index contributed by atoms with van der Waals surface area (Å²) < 4.78 is 5.70. The Morgan fingerprint density at radius 2 is 1.67 bits per heavy atom. The van der Waals surface area contributed by atoms with Crippen LogP contribution in [0, 0.1) is 0 Å². The average Bonchev–Trinajstić information content (AvgIpc) is 2.88. The van der Waals surface area contributed by atoms with E-state index in [0.29, 0.717) is 13.0 Å². The predicted octanol–water partition coefficient (Wildman–Crippen LogP) is 2.91. The Kier molecular flexibility index (Phi) is 5.05. The highest BCUT2D eigenvalue weighted by Crippen LogP contribution is 2.24. The number of rotatable bonds is 6. The van der Waals surface area contributed by atoms with Crippen LogP contribution in [0.25, 0.3) is 0 Å². The van der Waals surface area contributed by atoms with Gasteiger partial charge in [-0.25, -0.2) is 0 Å². The Morgan fingerprint density at radius 3 is 2.29 bits per heavy atom. The van der Waals surface area contributed by atoms with Gasteiger partial charge in [0, 0.05) is 6.42 Å². The number of benzene rings is 2. The number of aromatic hydroxyl groups is 1. The second-order valence-electron chi connectivity index (χ2n) is 5.50. The lowest BCUT2D eigenvalue weighted by Crippen LogP contribution is -2.25. The first-order chi connectivity index (χ1) is 11.6. The summed E-state index contributed by atoms with van der Waals surface area (Å²) in [6, 6.07) is 14.6. The number of nitrogens with one attached hydrogen (secondary N) is 1. The monoisotopic (exact) mass is 343 g/mol. The molecule has 2 amide bonds. The van der Waals surface area contributed by atoms with E-state index in [9.17, 15) is 14.7 Å². The molecule has 1 saturated heterocycles. The minimum absolute atomic E-state index is 0.223. The highest BCUT2D eigenvalue weighted by Gasteiger charge is 2.31. The van der Waals surface area contributed by atoms with Gasteiger partial charge in [0.05, 0.1) is 11.9 Å². The molecule has 2 aromatic rings. The highest BCUT2D eigenvalue weighted by atomic mass is 32.2. The molecule has 1 atom stereocenters. The maximum atomic E-state index is 11.6. The standard InChI is InChI=1S/C18H17NO4S/c20-14-5-1-12(2-6-14)9-10-23-15-7-3-13(4-8-15)11-16-17(21)19-18(22)24-16/h1-8,16,20H,9-11H2,(H,19,21,22). The van der Waals surface area contributed by atoms with Crippen molar-refractivity contribution >= 4 is 22.9 Å². The molecule has 2 aromatic carbocycles. The molecule has 2 N–H and O–H groups in total. The van der Waals surface area contributed by atoms with Crippen LogP contribution in [0.2, 0.25) is 0 Å². The van der Waals surface area contributed by atoms with Gasteiger partial charge in [-0.1, -0.05) is 36.0 Å². The molecule has 0 saturated carbocycles. The summed E-state index contributed by atoms with van der Waals surface area (Å²) in [7, 11) is 0. The molecule has 1 fully saturated rings. The number of imide groups is 1. The number of thioether (sulfide) groups is 1. The number of hydrogen-bond donors (Lipinski definition) is 2. The van der Waals surface area contributed by atoms with E-state index in [1.165, 1.54) is 0 Å². The van der Waals surface area contributed by atoms with E-state index in [0.717, 1.165) is 35.1 Å². The van der Waals surface area contributed by atoms with Crippen LogP contribution in [-0.2, 0) is 17.6 Å². The third kappa shape index (κ3) is 4.29. The second kappa shape index (κ2) is 7.40. The van der Waals surface area contributed by atoms with Crippen LogP contribution in [0.4, 0.5) is 4.79 Å². The molecule has 0 bridgehead atoms. The zero-order valence-corrected chi connectivity index (χ0v) is 13.7. The zero-order chi connectivity index (χ0) is 16.9. The van der Waals surface area contributed by atoms with Gasteiger partial charge in [0.2, 0.25) is 5.91 Å². The van der Waals surface area contributed by atoms with Crippen molar-refractivity contribution in [2.24, 2.45) is 0 Å². The molecular formula is C18H17NO4S. The van der Waals surface area contributed by atoms with Gasteiger partial charge in [0.25, 0.3) is 5.24 Å². The molecule has 1 aliphatic rings. The van der Waals surface area contributed by atoms with Crippen LogP contribution in [0.3, 0.4) is 0 Å². The summed E-state index contributed by atoms with van der Waals surface area (Å²) in [5, 5.41) is 10.9. The topological polar surface area (TPSA) is 75.6 Å². The average molecular weight is 343 g/mol. The molecule has 0 aromatic heterocycles. The molecule has 124 valence electrons. The van der Waals surface area contributed by atoms with E-state index in [1.54, 1.807) is 12.1 Å². The molecular weight excluding hydrogens is 326 g/mol. The first-order valence-electron chi connectivity index (χ1n) is 7.61. The fourth-order valence-electron chi connectivity index (χ4n) is 2.41. The number of ether oxygens (including phenoxy) is 1. The molecule has 24 heavy (non-hydrogen) atoms. The Morgan fingerprint density at radius 1 is 1.00 bits per heavy atom. The van der Waals surface area contributed by atoms with Crippen molar-refractivity contribution in [2.45, 2.75) is 18.1 Å². The van der Waals surface area contributed by atoms with E-state index in [4.69, 9.17) is 4.74 Å². The molecule has 3 rings (SSSR count). The lowest BCUT2D eigenvalue weighted by atomic mass is 10.1. The number of hydrogen-bond acceptors (Lipinski definition) is 5. The highest BCUT2D eigenvalue weighted by molar-refractivity contribution is 8.15. The molecule has 0 radical (unpaired) electrons. The van der Waals surface area contributed by atoms with Crippen molar-refractivity contribution in [1.82, 2.24) is 5.32 Å². The van der Waals surface area contributed by atoms with Gasteiger partial charge in [0.1, 0.15) is 11.5 Å². The van der Waals surface area contributed by atoms with E-state index in [2.05, 4.69) is 5.32 Å². The summed E-state index contributed by atoms with van der Waals surface area (Å²) in [4.78, 5) is 22.7. The minimum atomic E-state index is -0.348. The van der Waals surface area contributed by atoms with Crippen molar-refractivity contribution in [2.75, 3.05) is 6.61 Å². The van der Waals surface area contributed by atoms with Crippen molar-refractivity contribution in [3.05, 3.63) is 59.7 Å². The van der Waals surface area contributed by atoms with Crippen LogP contribution < -0.4 is 10.1 Å². The fraction of sp³-hybridized carbons (Fsp3) is 0.222. The lowest BCUT2D eigenvalue weighted by Gasteiger charge is -2.09. The van der Waals surface area contributed by atoms with Crippen molar-refractivity contribution in [1.29, 1.82) is 0 Å². The van der Waals surface area contributed by atoms with Crippen LogP contribution in [-0.4, -0.2) is 28.1 Å². The number of phenols is 1. The quantitative estimate of drug-likeness (QED) is 0.843. The fourth-order valence-corrected chi connectivity index (χ4v) is 3.27. The first-order valence-corrected chi connectivity index (χ1v) is 8.49. The molecule has 0 aliphatic carbocycles. The van der Waals surface area contributed by atoms with Crippen LogP contribution in [0.5, 0.6) is 11.5 Å².